The Kier molecular flexibility index (Phi) is 5.56. The van der Waals surface area contributed by atoms with Crippen LogP contribution < -0.4 is 16.2 Å². The quantitative estimate of drug-likeness (QED) is 0.821. The molecule has 1 heterocycles. The average molecular weight is 340 g/mol. The van der Waals surface area contributed by atoms with E-state index in [0.717, 1.165) is 12.1 Å². The van der Waals surface area contributed by atoms with Crippen molar-refractivity contribution in [1.29, 1.82) is 0 Å². The van der Waals surface area contributed by atoms with Crippen molar-refractivity contribution in [3.05, 3.63) is 58.5 Å². The van der Waals surface area contributed by atoms with Crippen molar-refractivity contribution in [2.75, 3.05) is 11.9 Å². The van der Waals surface area contributed by atoms with Crippen molar-refractivity contribution in [2.24, 2.45) is 0 Å². The zero-order chi connectivity index (χ0) is 17.6. The molecular weight excluding hydrogens is 325 g/mol. The molecule has 0 radical (unpaired) electrons. The number of amides is 2. The number of hydrogen-bond acceptors (Lipinski definition) is 3. The molecule has 0 atom stereocenters. The Hall–Kier alpha value is -2.84. The van der Waals surface area contributed by atoms with E-state index in [9.17, 15) is 22.8 Å². The Balaban J connectivity index is 1.75. The number of anilines is 1. The second-order valence-electron chi connectivity index (χ2n) is 4.89. The van der Waals surface area contributed by atoms with Crippen LogP contribution in [0.4, 0.5) is 23.7 Å². The predicted molar refractivity (Wildman–Crippen MR) is 81.6 cm³/mol. The molecule has 24 heavy (non-hydrogen) atoms. The number of carbonyl (C=O) groups is 1. The Bertz CT molecular complexity index is 741. The fourth-order valence-corrected chi connectivity index (χ4v) is 1.90. The molecule has 0 fully saturated rings. The van der Waals surface area contributed by atoms with E-state index in [1.807, 2.05) is 0 Å². The van der Waals surface area contributed by atoms with Crippen LogP contribution in [0.25, 0.3) is 0 Å². The van der Waals surface area contributed by atoms with Gasteiger partial charge in [0.15, 0.2) is 0 Å². The number of benzene rings is 1. The fraction of sp³-hybridized carbons (Fsp3) is 0.267. The van der Waals surface area contributed by atoms with Crippen LogP contribution >= 0.6 is 0 Å². The van der Waals surface area contributed by atoms with Gasteiger partial charge in [-0.3, -0.25) is 4.79 Å². The average Bonchev–Trinajstić information content (AvgIpc) is 2.53. The fourth-order valence-electron chi connectivity index (χ4n) is 1.90. The van der Waals surface area contributed by atoms with Crippen molar-refractivity contribution in [3.8, 4) is 0 Å². The summed E-state index contributed by atoms with van der Waals surface area (Å²) in [5.41, 5.74) is -0.762. The molecule has 6 nitrogen and oxygen atoms in total. The number of aromatic nitrogens is 2. The molecule has 0 aliphatic heterocycles. The van der Waals surface area contributed by atoms with Crippen molar-refractivity contribution >= 4 is 11.7 Å². The first-order valence-electron chi connectivity index (χ1n) is 7.10. The Labute approximate surface area is 135 Å². The molecule has 0 saturated heterocycles. The van der Waals surface area contributed by atoms with Gasteiger partial charge in [-0.15, -0.1) is 0 Å². The minimum absolute atomic E-state index is 0.230. The Morgan fingerprint density at radius 3 is 2.50 bits per heavy atom. The van der Waals surface area contributed by atoms with Gasteiger partial charge in [-0.2, -0.15) is 18.3 Å². The molecule has 0 bridgehead atoms. The number of aryl methyl sites for hydroxylation is 1. The van der Waals surface area contributed by atoms with E-state index in [2.05, 4.69) is 15.7 Å². The maximum absolute atomic E-state index is 12.4. The zero-order valence-electron chi connectivity index (χ0n) is 12.5. The number of alkyl halides is 3. The van der Waals surface area contributed by atoms with Crippen LogP contribution in [-0.4, -0.2) is 22.4 Å². The van der Waals surface area contributed by atoms with E-state index in [1.165, 1.54) is 35.1 Å². The van der Waals surface area contributed by atoms with Crippen LogP contribution in [0.1, 0.15) is 12.0 Å². The first-order chi connectivity index (χ1) is 11.4. The van der Waals surface area contributed by atoms with E-state index in [4.69, 9.17) is 0 Å². The molecule has 1 aromatic carbocycles. The van der Waals surface area contributed by atoms with Crippen LogP contribution in [0.3, 0.4) is 0 Å². The number of carbonyl (C=O) groups excluding carboxylic acids is 1. The van der Waals surface area contributed by atoms with Crippen molar-refractivity contribution in [3.63, 3.8) is 0 Å². The maximum Gasteiger partial charge on any atom is 0.416 e. The summed E-state index contributed by atoms with van der Waals surface area (Å²) in [5, 5.41) is 8.85. The summed E-state index contributed by atoms with van der Waals surface area (Å²) in [5.74, 6) is 0. The summed E-state index contributed by atoms with van der Waals surface area (Å²) < 4.78 is 38.6. The van der Waals surface area contributed by atoms with Gasteiger partial charge in [0.1, 0.15) is 0 Å². The standard InChI is InChI=1S/C15H15F3N4O2/c16-15(17,18)11-4-6-12(7-5-11)21-14(24)19-8-2-10-22-13(23)3-1-9-20-22/h1,3-7,9H,2,8,10H2,(H2,19,21,24). The summed E-state index contributed by atoms with van der Waals surface area (Å²) in [6.45, 7) is 0.635. The lowest BCUT2D eigenvalue weighted by Gasteiger charge is -2.10. The number of hydrogen-bond donors (Lipinski definition) is 2. The number of urea groups is 1. The maximum atomic E-state index is 12.4. The van der Waals surface area contributed by atoms with E-state index in [-0.39, 0.29) is 17.8 Å². The van der Waals surface area contributed by atoms with Gasteiger partial charge in [-0.1, -0.05) is 0 Å². The molecule has 1 aromatic heterocycles. The molecule has 2 aromatic rings. The monoisotopic (exact) mass is 340 g/mol. The molecule has 0 unspecified atom stereocenters. The SMILES string of the molecule is O=C(NCCCn1ncccc1=O)Nc1ccc(C(F)(F)F)cc1. The minimum Gasteiger partial charge on any atom is -0.338 e. The summed E-state index contributed by atoms with van der Waals surface area (Å²) >= 11 is 0. The second-order valence-corrected chi connectivity index (χ2v) is 4.89. The molecule has 0 spiro atoms. The number of halogens is 3. The van der Waals surface area contributed by atoms with Gasteiger partial charge in [0.05, 0.1) is 5.56 Å². The number of rotatable bonds is 5. The molecule has 0 saturated carbocycles. The second kappa shape index (κ2) is 7.62. The van der Waals surface area contributed by atoms with Gasteiger partial charge >= 0.3 is 12.2 Å². The summed E-state index contributed by atoms with van der Waals surface area (Å²) in [6.07, 6.45) is -2.44. The van der Waals surface area contributed by atoms with Gasteiger partial charge in [-0.05, 0) is 36.8 Å². The molecule has 2 amide bonds. The summed E-state index contributed by atoms with van der Waals surface area (Å²) in [6, 6.07) is 6.52. The van der Waals surface area contributed by atoms with E-state index in [0.29, 0.717) is 13.0 Å². The van der Waals surface area contributed by atoms with Crippen molar-refractivity contribution in [1.82, 2.24) is 15.1 Å². The topological polar surface area (TPSA) is 76.0 Å². The third-order valence-electron chi connectivity index (χ3n) is 3.09. The highest BCUT2D eigenvalue weighted by Gasteiger charge is 2.29. The minimum atomic E-state index is -4.41. The molecule has 128 valence electrons. The highest BCUT2D eigenvalue weighted by atomic mass is 19.4. The lowest BCUT2D eigenvalue weighted by Crippen LogP contribution is -2.31. The molecule has 9 heteroatoms. The summed E-state index contributed by atoms with van der Waals surface area (Å²) in [4.78, 5) is 23.1. The highest BCUT2D eigenvalue weighted by Crippen LogP contribution is 2.29. The lowest BCUT2D eigenvalue weighted by molar-refractivity contribution is -0.137. The normalized spacial score (nSPS) is 11.1. The zero-order valence-corrected chi connectivity index (χ0v) is 12.5. The van der Waals surface area contributed by atoms with Crippen molar-refractivity contribution in [2.45, 2.75) is 19.1 Å². The van der Waals surface area contributed by atoms with Gasteiger partial charge in [0.25, 0.3) is 5.56 Å². The van der Waals surface area contributed by atoms with Crippen LogP contribution in [0.15, 0.2) is 47.4 Å². The largest absolute Gasteiger partial charge is 0.416 e. The third kappa shape index (κ3) is 5.11. The van der Waals surface area contributed by atoms with Crippen LogP contribution in [0.2, 0.25) is 0 Å². The van der Waals surface area contributed by atoms with E-state index in [1.54, 1.807) is 0 Å². The molecule has 0 aliphatic rings. The van der Waals surface area contributed by atoms with Gasteiger partial charge < -0.3 is 10.6 Å². The Morgan fingerprint density at radius 2 is 1.88 bits per heavy atom. The van der Waals surface area contributed by atoms with E-state index < -0.39 is 17.8 Å². The van der Waals surface area contributed by atoms with Gasteiger partial charge in [0.2, 0.25) is 0 Å². The molecule has 2 rings (SSSR count). The smallest absolute Gasteiger partial charge is 0.338 e. The lowest BCUT2D eigenvalue weighted by atomic mass is 10.2. The first-order valence-corrected chi connectivity index (χ1v) is 7.10. The molecular formula is C15H15F3N4O2. The summed E-state index contributed by atoms with van der Waals surface area (Å²) in [7, 11) is 0. The van der Waals surface area contributed by atoms with E-state index >= 15 is 0 Å². The van der Waals surface area contributed by atoms with Crippen LogP contribution in [0, 0.1) is 0 Å². The number of nitrogens with one attached hydrogen (secondary N) is 2. The molecule has 2 N–H and O–H groups in total. The number of nitrogens with zero attached hydrogens (tertiary/aromatic N) is 2. The van der Waals surface area contributed by atoms with Gasteiger partial charge in [-0.25, -0.2) is 9.48 Å². The van der Waals surface area contributed by atoms with Gasteiger partial charge in [0, 0.05) is 31.0 Å². The third-order valence-corrected chi connectivity index (χ3v) is 3.09. The van der Waals surface area contributed by atoms with Crippen LogP contribution in [0.5, 0.6) is 0 Å². The highest BCUT2D eigenvalue weighted by molar-refractivity contribution is 5.89. The first kappa shape index (κ1) is 17.5. The Morgan fingerprint density at radius 1 is 1.17 bits per heavy atom. The molecule has 0 aliphatic carbocycles. The predicted octanol–water partition coefficient (Wildman–Crippen LogP) is 2.47. The van der Waals surface area contributed by atoms with Crippen LogP contribution in [-0.2, 0) is 12.7 Å². The van der Waals surface area contributed by atoms with Crippen molar-refractivity contribution < 1.29 is 18.0 Å².